The molecule has 0 unspecified atom stereocenters. The number of nitrogens with two attached hydrogens (primary N) is 1. The molecule has 1 aromatic carbocycles. The quantitative estimate of drug-likeness (QED) is 0.467. The van der Waals surface area contributed by atoms with Gasteiger partial charge in [-0.3, -0.25) is 4.79 Å². The second-order valence-corrected chi connectivity index (χ2v) is 3.68. The lowest BCUT2D eigenvalue weighted by molar-refractivity contribution is -0.118. The predicted molar refractivity (Wildman–Crippen MR) is 66.0 cm³/mol. The van der Waals surface area contributed by atoms with Crippen LogP contribution in [-0.4, -0.2) is 12.5 Å². The molecule has 0 aliphatic heterocycles. The van der Waals surface area contributed by atoms with E-state index < -0.39 is 0 Å². The average Bonchev–Trinajstić information content (AvgIpc) is 2.20. The fourth-order valence-electron chi connectivity index (χ4n) is 1.09. The highest BCUT2D eigenvalue weighted by Gasteiger charge is 1.96. The van der Waals surface area contributed by atoms with E-state index in [0.717, 1.165) is 5.56 Å². The summed E-state index contributed by atoms with van der Waals surface area (Å²) in [5, 5.41) is 3.21. The molecular formula is C12H13ClN2O. The molecule has 84 valence electrons. The van der Waals surface area contributed by atoms with E-state index in [9.17, 15) is 4.79 Å². The van der Waals surface area contributed by atoms with Crippen LogP contribution in [0.2, 0.25) is 5.02 Å². The van der Waals surface area contributed by atoms with Crippen LogP contribution in [0, 0.1) is 11.8 Å². The van der Waals surface area contributed by atoms with Crippen molar-refractivity contribution in [3.05, 3.63) is 28.8 Å². The van der Waals surface area contributed by atoms with Crippen molar-refractivity contribution in [2.75, 3.05) is 12.3 Å². The number of carbonyl (C=O) groups is 1. The van der Waals surface area contributed by atoms with Gasteiger partial charge in [-0.05, 0) is 18.2 Å². The smallest absolute Gasteiger partial charge is 0.216 e. The summed E-state index contributed by atoms with van der Waals surface area (Å²) in [6.45, 7) is 2.03. The van der Waals surface area contributed by atoms with Crippen LogP contribution in [0.3, 0.4) is 0 Å². The number of halogens is 1. The van der Waals surface area contributed by atoms with Gasteiger partial charge in [0.2, 0.25) is 5.91 Å². The number of benzene rings is 1. The number of rotatable bonds is 2. The first-order valence-electron chi connectivity index (χ1n) is 4.88. The Morgan fingerprint density at radius 2 is 2.31 bits per heavy atom. The summed E-state index contributed by atoms with van der Waals surface area (Å²) in [6.07, 6.45) is 0.598. The number of anilines is 1. The average molecular weight is 237 g/mol. The second kappa shape index (κ2) is 6.04. The van der Waals surface area contributed by atoms with Gasteiger partial charge in [0.25, 0.3) is 0 Å². The molecule has 0 atom stereocenters. The van der Waals surface area contributed by atoms with Crippen LogP contribution in [-0.2, 0) is 4.79 Å². The standard InChI is InChI=1S/C12H13ClN2O/c1-9(16)15-7-3-2-4-10-5-6-11(14)8-12(10)13/h5-6,8H,3,7,14H2,1H3,(H,15,16). The normalized spacial score (nSPS) is 9.12. The molecule has 0 radical (unpaired) electrons. The molecule has 3 nitrogen and oxygen atoms in total. The minimum absolute atomic E-state index is 0.0488. The van der Waals surface area contributed by atoms with E-state index >= 15 is 0 Å². The van der Waals surface area contributed by atoms with E-state index in [1.165, 1.54) is 6.92 Å². The van der Waals surface area contributed by atoms with E-state index in [4.69, 9.17) is 17.3 Å². The Bertz CT molecular complexity index is 446. The van der Waals surface area contributed by atoms with Crippen molar-refractivity contribution in [3.63, 3.8) is 0 Å². The zero-order chi connectivity index (χ0) is 12.0. The fraction of sp³-hybridized carbons (Fsp3) is 0.250. The highest BCUT2D eigenvalue weighted by atomic mass is 35.5. The van der Waals surface area contributed by atoms with Gasteiger partial charge in [0.05, 0.1) is 5.02 Å². The molecule has 1 rings (SSSR count). The Kier molecular flexibility index (Phi) is 4.68. The number of nitrogens with one attached hydrogen (secondary N) is 1. The molecule has 0 saturated heterocycles. The second-order valence-electron chi connectivity index (χ2n) is 3.27. The maximum atomic E-state index is 10.6. The Hall–Kier alpha value is -1.66. The van der Waals surface area contributed by atoms with Gasteiger partial charge in [0, 0.05) is 31.1 Å². The third kappa shape index (κ3) is 4.24. The summed E-state index contributed by atoms with van der Waals surface area (Å²) in [6, 6.07) is 5.20. The summed E-state index contributed by atoms with van der Waals surface area (Å²) >= 11 is 5.94. The SMILES string of the molecule is CC(=O)NCCC#Cc1ccc(N)cc1Cl. The zero-order valence-corrected chi connectivity index (χ0v) is 9.77. The third-order valence-corrected chi connectivity index (χ3v) is 2.15. The highest BCUT2D eigenvalue weighted by molar-refractivity contribution is 6.32. The molecule has 0 fully saturated rings. The number of amides is 1. The van der Waals surface area contributed by atoms with Crippen LogP contribution >= 0.6 is 11.6 Å². The largest absolute Gasteiger partial charge is 0.399 e. The number of hydrogen-bond donors (Lipinski definition) is 2. The lowest BCUT2D eigenvalue weighted by Gasteiger charge is -1.97. The lowest BCUT2D eigenvalue weighted by Crippen LogP contribution is -2.20. The van der Waals surface area contributed by atoms with Crippen LogP contribution in [0.4, 0.5) is 5.69 Å². The van der Waals surface area contributed by atoms with Crippen molar-refractivity contribution in [2.45, 2.75) is 13.3 Å². The molecule has 0 aliphatic rings. The molecule has 0 heterocycles. The van der Waals surface area contributed by atoms with Crippen LogP contribution in [0.15, 0.2) is 18.2 Å². The minimum Gasteiger partial charge on any atom is -0.399 e. The van der Waals surface area contributed by atoms with Gasteiger partial charge in [0.1, 0.15) is 0 Å². The molecule has 1 amide bonds. The summed E-state index contributed by atoms with van der Waals surface area (Å²) in [5.74, 6) is 5.80. The van der Waals surface area contributed by atoms with E-state index in [0.29, 0.717) is 23.7 Å². The Balaban J connectivity index is 2.53. The lowest BCUT2D eigenvalue weighted by atomic mass is 10.2. The Morgan fingerprint density at radius 1 is 1.56 bits per heavy atom. The molecule has 0 aromatic heterocycles. The van der Waals surface area contributed by atoms with Crippen molar-refractivity contribution >= 4 is 23.2 Å². The van der Waals surface area contributed by atoms with Crippen LogP contribution in [0.1, 0.15) is 18.9 Å². The van der Waals surface area contributed by atoms with Crippen LogP contribution in [0.5, 0.6) is 0 Å². The fourth-order valence-corrected chi connectivity index (χ4v) is 1.33. The van der Waals surface area contributed by atoms with Crippen molar-refractivity contribution < 1.29 is 4.79 Å². The van der Waals surface area contributed by atoms with Gasteiger partial charge in [-0.25, -0.2) is 0 Å². The number of nitrogen functional groups attached to an aromatic ring is 1. The molecule has 0 saturated carbocycles. The molecule has 4 heteroatoms. The van der Waals surface area contributed by atoms with E-state index in [1.54, 1.807) is 18.2 Å². The molecule has 0 bridgehead atoms. The van der Waals surface area contributed by atoms with Crippen molar-refractivity contribution in [3.8, 4) is 11.8 Å². The minimum atomic E-state index is -0.0488. The first kappa shape index (κ1) is 12.4. The highest BCUT2D eigenvalue weighted by Crippen LogP contribution is 2.17. The first-order chi connectivity index (χ1) is 7.59. The van der Waals surface area contributed by atoms with Crippen LogP contribution in [0.25, 0.3) is 0 Å². The van der Waals surface area contributed by atoms with Crippen molar-refractivity contribution in [1.82, 2.24) is 5.32 Å². The van der Waals surface area contributed by atoms with Crippen LogP contribution < -0.4 is 11.1 Å². The van der Waals surface area contributed by atoms with Gasteiger partial charge < -0.3 is 11.1 Å². The van der Waals surface area contributed by atoms with Gasteiger partial charge >= 0.3 is 0 Å². The van der Waals surface area contributed by atoms with Gasteiger partial charge in [-0.15, -0.1) is 0 Å². The molecule has 0 aliphatic carbocycles. The Morgan fingerprint density at radius 3 is 2.94 bits per heavy atom. The summed E-state index contributed by atoms with van der Waals surface area (Å²) in [4.78, 5) is 10.6. The molecule has 1 aromatic rings. The molecule has 16 heavy (non-hydrogen) atoms. The first-order valence-corrected chi connectivity index (χ1v) is 5.25. The van der Waals surface area contributed by atoms with E-state index in [1.807, 2.05) is 0 Å². The molecule has 3 N–H and O–H groups in total. The number of hydrogen-bond acceptors (Lipinski definition) is 2. The van der Waals surface area contributed by atoms with E-state index in [2.05, 4.69) is 17.2 Å². The summed E-state index contributed by atoms with van der Waals surface area (Å²) < 4.78 is 0. The zero-order valence-electron chi connectivity index (χ0n) is 9.01. The Labute approximate surface area is 100.0 Å². The maximum absolute atomic E-state index is 10.6. The van der Waals surface area contributed by atoms with E-state index in [-0.39, 0.29) is 5.91 Å². The van der Waals surface area contributed by atoms with Crippen molar-refractivity contribution in [1.29, 1.82) is 0 Å². The predicted octanol–water partition coefficient (Wildman–Crippen LogP) is 1.80. The maximum Gasteiger partial charge on any atom is 0.216 e. The number of carbonyl (C=O) groups excluding carboxylic acids is 1. The van der Waals surface area contributed by atoms with Gasteiger partial charge in [0.15, 0.2) is 0 Å². The monoisotopic (exact) mass is 236 g/mol. The molecule has 0 spiro atoms. The van der Waals surface area contributed by atoms with Gasteiger partial charge in [-0.1, -0.05) is 23.4 Å². The third-order valence-electron chi connectivity index (χ3n) is 1.84. The van der Waals surface area contributed by atoms with Crippen molar-refractivity contribution in [2.24, 2.45) is 0 Å². The topological polar surface area (TPSA) is 55.1 Å². The molecular weight excluding hydrogens is 224 g/mol. The summed E-state index contributed by atoms with van der Waals surface area (Å²) in [7, 11) is 0. The van der Waals surface area contributed by atoms with Gasteiger partial charge in [-0.2, -0.15) is 0 Å². The summed E-state index contributed by atoms with van der Waals surface area (Å²) in [5.41, 5.74) is 6.93.